The Labute approximate surface area is 216 Å². The van der Waals surface area contributed by atoms with Gasteiger partial charge in [0.1, 0.15) is 5.82 Å². The van der Waals surface area contributed by atoms with Crippen molar-refractivity contribution in [2.24, 2.45) is 0 Å². The van der Waals surface area contributed by atoms with Gasteiger partial charge in [-0.25, -0.2) is 4.98 Å². The van der Waals surface area contributed by atoms with E-state index in [0.717, 1.165) is 57.3 Å². The summed E-state index contributed by atoms with van der Waals surface area (Å²) in [5.41, 5.74) is 0. The maximum Gasteiger partial charge on any atom is 0.219 e. The Hall–Kier alpha value is -2.20. The van der Waals surface area contributed by atoms with E-state index in [-0.39, 0.29) is 5.91 Å². The number of unbranched alkanes of at least 4 members (excludes halogenated alkanes) is 16. The summed E-state index contributed by atoms with van der Waals surface area (Å²) in [6.07, 6.45) is 28.6. The third-order valence-corrected chi connectivity index (χ3v) is 6.32. The first-order chi connectivity index (χ1) is 17.3. The van der Waals surface area contributed by atoms with Crippen molar-refractivity contribution in [1.29, 1.82) is 0 Å². The van der Waals surface area contributed by atoms with Crippen molar-refractivity contribution in [2.45, 2.75) is 142 Å². The molecular weight excluding hydrogens is 430 g/mol. The SMILES string of the molecule is CCCCCCCCCCCCC#CC#CCCCCCCCCC(=O)NCCCc1ncc[nH]1. The lowest BCUT2D eigenvalue weighted by atomic mass is 10.1. The van der Waals surface area contributed by atoms with Crippen molar-refractivity contribution >= 4 is 5.91 Å². The highest BCUT2D eigenvalue weighted by molar-refractivity contribution is 5.75. The summed E-state index contributed by atoms with van der Waals surface area (Å²) < 4.78 is 0. The summed E-state index contributed by atoms with van der Waals surface area (Å²) in [5.74, 6) is 13.6. The number of aromatic amines is 1. The summed E-state index contributed by atoms with van der Waals surface area (Å²) in [4.78, 5) is 19.1. The lowest BCUT2D eigenvalue weighted by Gasteiger charge is -2.04. The second-order valence-corrected chi connectivity index (χ2v) is 9.65. The predicted molar refractivity (Wildman–Crippen MR) is 149 cm³/mol. The van der Waals surface area contributed by atoms with E-state index in [9.17, 15) is 4.79 Å². The van der Waals surface area contributed by atoms with Crippen LogP contribution >= 0.6 is 0 Å². The van der Waals surface area contributed by atoms with E-state index in [2.05, 4.69) is 45.9 Å². The maximum atomic E-state index is 11.9. The number of aryl methyl sites for hydroxylation is 1. The fourth-order valence-corrected chi connectivity index (χ4v) is 4.13. The number of rotatable bonds is 22. The Balaban J connectivity index is 1.78. The van der Waals surface area contributed by atoms with Crippen LogP contribution in [0.25, 0.3) is 0 Å². The third-order valence-electron chi connectivity index (χ3n) is 6.32. The molecule has 0 aliphatic heterocycles. The molecule has 0 aliphatic rings. The van der Waals surface area contributed by atoms with Gasteiger partial charge >= 0.3 is 0 Å². The quantitative estimate of drug-likeness (QED) is 0.131. The molecule has 1 aromatic rings. The summed E-state index contributed by atoms with van der Waals surface area (Å²) >= 11 is 0. The highest BCUT2D eigenvalue weighted by Gasteiger charge is 2.01. The lowest BCUT2D eigenvalue weighted by molar-refractivity contribution is -0.121. The average molecular weight is 482 g/mol. The molecule has 0 radical (unpaired) electrons. The summed E-state index contributed by atoms with van der Waals surface area (Å²) in [5, 5.41) is 3.00. The molecule has 35 heavy (non-hydrogen) atoms. The van der Waals surface area contributed by atoms with Crippen LogP contribution in [0, 0.1) is 23.7 Å². The van der Waals surface area contributed by atoms with Crippen LogP contribution in [0.1, 0.15) is 141 Å². The normalized spacial score (nSPS) is 10.3. The molecule has 4 nitrogen and oxygen atoms in total. The van der Waals surface area contributed by atoms with E-state index in [1.165, 1.54) is 83.5 Å². The number of H-pyrrole nitrogens is 1. The minimum atomic E-state index is 0.175. The van der Waals surface area contributed by atoms with Gasteiger partial charge in [-0.05, 0) is 37.5 Å². The van der Waals surface area contributed by atoms with Crippen LogP contribution in [0.15, 0.2) is 12.4 Å². The number of hydrogen-bond donors (Lipinski definition) is 2. The smallest absolute Gasteiger partial charge is 0.219 e. The maximum absolute atomic E-state index is 11.9. The molecule has 0 saturated carbocycles. The zero-order valence-corrected chi connectivity index (χ0v) is 22.6. The van der Waals surface area contributed by atoms with E-state index in [1.807, 2.05) is 6.20 Å². The fourth-order valence-electron chi connectivity index (χ4n) is 4.13. The Kier molecular flexibility index (Phi) is 21.9. The van der Waals surface area contributed by atoms with Crippen molar-refractivity contribution in [3.63, 3.8) is 0 Å². The molecule has 0 bridgehead atoms. The molecule has 4 heteroatoms. The van der Waals surface area contributed by atoms with Crippen molar-refractivity contribution < 1.29 is 4.79 Å². The van der Waals surface area contributed by atoms with Gasteiger partial charge in [-0.1, -0.05) is 102 Å². The first-order valence-electron chi connectivity index (χ1n) is 14.5. The van der Waals surface area contributed by atoms with Crippen LogP contribution in [0.3, 0.4) is 0 Å². The molecule has 2 N–H and O–H groups in total. The van der Waals surface area contributed by atoms with Gasteiger partial charge in [-0.15, -0.1) is 0 Å². The first kappa shape index (κ1) is 30.8. The third kappa shape index (κ3) is 22.0. The molecule has 0 aromatic carbocycles. The molecule has 0 atom stereocenters. The Morgan fingerprint density at radius 2 is 1.31 bits per heavy atom. The van der Waals surface area contributed by atoms with Crippen LogP contribution < -0.4 is 5.32 Å². The number of nitrogens with one attached hydrogen (secondary N) is 2. The summed E-state index contributed by atoms with van der Waals surface area (Å²) in [6, 6.07) is 0. The van der Waals surface area contributed by atoms with Gasteiger partial charge < -0.3 is 10.3 Å². The van der Waals surface area contributed by atoms with Crippen molar-refractivity contribution in [3.05, 3.63) is 18.2 Å². The van der Waals surface area contributed by atoms with E-state index in [1.54, 1.807) is 6.20 Å². The fraction of sp³-hybridized carbons (Fsp3) is 0.742. The van der Waals surface area contributed by atoms with Gasteiger partial charge in [-0.2, -0.15) is 0 Å². The van der Waals surface area contributed by atoms with Gasteiger partial charge in [-0.3, -0.25) is 4.79 Å². The number of hydrogen-bond acceptors (Lipinski definition) is 2. The zero-order chi connectivity index (χ0) is 25.1. The standard InChI is InChI=1S/C31H51N3O/c1-2-3-4-5-6-7-8-9-10-11-12-13-14-15-16-17-18-19-20-21-22-23-26-31(35)34-27-24-25-30-32-28-29-33-30/h28-29H,2-12,17-27H2,1H3,(H,32,33)(H,34,35). The molecule has 0 spiro atoms. The number of nitrogens with zero attached hydrogens (tertiary/aromatic N) is 1. The number of carbonyl (C=O) groups excluding carboxylic acids is 1. The van der Waals surface area contributed by atoms with Gasteiger partial charge in [0.05, 0.1) is 0 Å². The monoisotopic (exact) mass is 481 g/mol. The Bertz CT molecular complexity index is 718. The molecule has 0 fully saturated rings. The minimum absolute atomic E-state index is 0.175. The van der Waals surface area contributed by atoms with Crippen LogP contribution in [-0.2, 0) is 11.2 Å². The molecule has 1 heterocycles. The zero-order valence-electron chi connectivity index (χ0n) is 22.6. The molecular formula is C31H51N3O. The largest absolute Gasteiger partial charge is 0.356 e. The molecule has 0 unspecified atom stereocenters. The topological polar surface area (TPSA) is 57.8 Å². The van der Waals surface area contributed by atoms with E-state index >= 15 is 0 Å². The molecule has 0 aliphatic carbocycles. The van der Waals surface area contributed by atoms with Crippen molar-refractivity contribution in [1.82, 2.24) is 15.3 Å². The number of amides is 1. The van der Waals surface area contributed by atoms with Gasteiger partial charge in [0, 0.05) is 44.6 Å². The summed E-state index contributed by atoms with van der Waals surface area (Å²) in [7, 11) is 0. The molecule has 196 valence electrons. The molecule has 1 amide bonds. The highest BCUT2D eigenvalue weighted by Crippen LogP contribution is 2.11. The lowest BCUT2D eigenvalue weighted by Crippen LogP contribution is -2.24. The van der Waals surface area contributed by atoms with Gasteiger partial charge in [0.15, 0.2) is 0 Å². The second-order valence-electron chi connectivity index (χ2n) is 9.65. The molecule has 1 aromatic heterocycles. The molecule has 1 rings (SSSR count). The van der Waals surface area contributed by atoms with Gasteiger partial charge in [0.2, 0.25) is 5.91 Å². The summed E-state index contributed by atoms with van der Waals surface area (Å²) in [6.45, 7) is 3.00. The average Bonchev–Trinajstić information content (AvgIpc) is 3.38. The van der Waals surface area contributed by atoms with Crippen molar-refractivity contribution in [2.75, 3.05) is 6.54 Å². The minimum Gasteiger partial charge on any atom is -0.356 e. The van der Waals surface area contributed by atoms with Crippen LogP contribution in [0.2, 0.25) is 0 Å². The van der Waals surface area contributed by atoms with Crippen molar-refractivity contribution in [3.8, 4) is 23.7 Å². The number of imidazole rings is 1. The Morgan fingerprint density at radius 1 is 0.771 bits per heavy atom. The Morgan fingerprint density at radius 3 is 1.86 bits per heavy atom. The first-order valence-corrected chi connectivity index (χ1v) is 14.5. The van der Waals surface area contributed by atoms with Crippen LogP contribution in [0.4, 0.5) is 0 Å². The highest BCUT2D eigenvalue weighted by atomic mass is 16.1. The molecule has 0 saturated heterocycles. The number of aromatic nitrogens is 2. The second kappa shape index (κ2) is 24.9. The number of carbonyl (C=O) groups is 1. The van der Waals surface area contributed by atoms with E-state index < -0.39 is 0 Å². The van der Waals surface area contributed by atoms with Crippen LogP contribution in [0.5, 0.6) is 0 Å². The predicted octanol–water partition coefficient (Wildman–Crippen LogP) is 7.90. The van der Waals surface area contributed by atoms with Gasteiger partial charge in [0.25, 0.3) is 0 Å². The van der Waals surface area contributed by atoms with Crippen LogP contribution in [-0.4, -0.2) is 22.4 Å². The van der Waals surface area contributed by atoms with E-state index in [4.69, 9.17) is 0 Å². The van der Waals surface area contributed by atoms with E-state index in [0.29, 0.717) is 6.42 Å².